The summed E-state index contributed by atoms with van der Waals surface area (Å²) in [6.45, 7) is 12.3. The molecule has 6 rings (SSSR count). The van der Waals surface area contributed by atoms with E-state index in [2.05, 4.69) is 29.7 Å². The van der Waals surface area contributed by atoms with Gasteiger partial charge in [-0.2, -0.15) is 0 Å². The van der Waals surface area contributed by atoms with E-state index in [0.29, 0.717) is 76.6 Å². The van der Waals surface area contributed by atoms with Crippen molar-refractivity contribution in [2.24, 2.45) is 0 Å². The number of rotatable bonds is 17. The van der Waals surface area contributed by atoms with Crippen LogP contribution in [0, 0.1) is 40.5 Å². The number of nitrogens with one attached hydrogen (secondary N) is 2. The zero-order chi connectivity index (χ0) is 51.7. The topological polar surface area (TPSA) is 243 Å². The lowest BCUT2D eigenvalue weighted by atomic mass is 10.0. The molecule has 19 heteroatoms. The van der Waals surface area contributed by atoms with Crippen LogP contribution in [0.15, 0.2) is 109 Å². The Balaban J connectivity index is 0.000000260. The zero-order valence-electron chi connectivity index (χ0n) is 39.8. The fourth-order valence-corrected chi connectivity index (χ4v) is 8.12. The maximum absolute atomic E-state index is 13.7. The van der Waals surface area contributed by atoms with Crippen LogP contribution in [0.25, 0.3) is 0 Å². The van der Waals surface area contributed by atoms with Crippen molar-refractivity contribution in [1.82, 2.24) is 0 Å². The van der Waals surface area contributed by atoms with Crippen LogP contribution >= 0.6 is 23.2 Å². The van der Waals surface area contributed by atoms with E-state index in [0.717, 1.165) is 35.2 Å². The van der Waals surface area contributed by atoms with Crippen LogP contribution < -0.4 is 21.3 Å². The summed E-state index contributed by atoms with van der Waals surface area (Å²) in [5.74, 6) is 0. The first-order chi connectivity index (χ1) is 33.4. The van der Waals surface area contributed by atoms with Crippen molar-refractivity contribution in [2.75, 3.05) is 21.3 Å². The van der Waals surface area contributed by atoms with Crippen molar-refractivity contribution in [3.63, 3.8) is 0 Å². The minimum Gasteiger partial charge on any atom is -0.398 e. The number of nitrogens with two attached hydrogens (primary N) is 1. The molecule has 0 spiro atoms. The molecule has 0 aromatic heterocycles. The van der Waals surface area contributed by atoms with Crippen LogP contribution in [0.1, 0.15) is 86.1 Å². The summed E-state index contributed by atoms with van der Waals surface area (Å²) in [6, 6.07) is 30.5. The number of benzene rings is 6. The predicted octanol–water partition coefficient (Wildman–Crippen LogP) is 13.8. The number of non-ortho nitro benzene ring substituents is 2. The maximum Gasteiger partial charge on any atom is 0.326 e. The summed E-state index contributed by atoms with van der Waals surface area (Å²) in [5.41, 5.74) is 14.7. The quantitative estimate of drug-likeness (QED) is 0.0441. The molecule has 0 saturated carbocycles. The van der Waals surface area contributed by atoms with Gasteiger partial charge in [-0.05, 0) is 96.2 Å². The Bertz CT molecular complexity index is 2790. The molecule has 4 N–H and O–H groups in total. The third-order valence-electron chi connectivity index (χ3n) is 11.4. The number of carbonyl (C=O) groups is 1. The molecule has 17 nitrogen and oxygen atoms in total. The molecule has 368 valence electrons. The second-order valence-electron chi connectivity index (χ2n) is 15.7. The van der Waals surface area contributed by atoms with Gasteiger partial charge in [-0.15, -0.1) is 0 Å². The summed E-state index contributed by atoms with van der Waals surface area (Å²) in [7, 11) is 0. The summed E-state index contributed by atoms with van der Waals surface area (Å²) in [5, 5.41) is 50.8. The van der Waals surface area contributed by atoms with Gasteiger partial charge in [0.05, 0.1) is 53.1 Å². The number of nitro groups is 4. The molecule has 0 saturated heterocycles. The van der Waals surface area contributed by atoms with Gasteiger partial charge >= 0.3 is 6.03 Å². The third kappa shape index (κ3) is 14.4. The number of nitrogens with zero attached hydrogens (tertiary/aromatic N) is 5. The van der Waals surface area contributed by atoms with E-state index in [1.165, 1.54) is 46.9 Å². The Morgan fingerprint density at radius 2 is 0.943 bits per heavy atom. The smallest absolute Gasteiger partial charge is 0.326 e. The van der Waals surface area contributed by atoms with Gasteiger partial charge < -0.3 is 16.4 Å². The molecule has 0 bridgehead atoms. The summed E-state index contributed by atoms with van der Waals surface area (Å²) in [4.78, 5) is 57.4. The highest BCUT2D eigenvalue weighted by Gasteiger charge is 2.26. The number of hydrogen-bond acceptors (Lipinski definition) is 11. The molecule has 0 fully saturated rings. The number of carbonyl (C=O) groups excluding carboxylic acids is 1. The molecule has 0 atom stereocenters. The molecular formula is C51H56Cl2N8O9. The number of amides is 2. The van der Waals surface area contributed by atoms with Gasteiger partial charge in [0.15, 0.2) is 0 Å². The molecule has 2 amide bonds. The number of nitrogen functional groups attached to an aromatic ring is 1. The van der Waals surface area contributed by atoms with Crippen molar-refractivity contribution in [3.8, 4) is 0 Å². The minimum atomic E-state index is -0.502. The highest BCUT2D eigenvalue weighted by Crippen LogP contribution is 2.38. The lowest BCUT2D eigenvalue weighted by molar-refractivity contribution is -0.385. The normalized spacial score (nSPS) is 10.5. The van der Waals surface area contributed by atoms with Crippen LogP contribution in [-0.2, 0) is 51.6 Å². The highest BCUT2D eigenvalue weighted by molar-refractivity contribution is 6.32. The van der Waals surface area contributed by atoms with Crippen molar-refractivity contribution >= 4 is 74.7 Å². The number of urea groups is 1. The summed E-state index contributed by atoms with van der Waals surface area (Å²) in [6.07, 6.45) is 3.86. The number of nitro benzene ring substituents is 4. The minimum absolute atomic E-state index is 0.0113. The molecule has 0 aliphatic carbocycles. The van der Waals surface area contributed by atoms with Crippen LogP contribution in [0.2, 0.25) is 10.0 Å². The Kier molecular flexibility index (Phi) is 20.6. The van der Waals surface area contributed by atoms with Crippen LogP contribution in [-0.4, -0.2) is 25.7 Å². The lowest BCUT2D eigenvalue weighted by Crippen LogP contribution is -2.35. The average Bonchev–Trinajstić information content (AvgIpc) is 3.35. The van der Waals surface area contributed by atoms with E-state index in [-0.39, 0.29) is 39.2 Å². The Labute approximate surface area is 416 Å². The molecule has 70 heavy (non-hydrogen) atoms. The number of hydrogen-bond donors (Lipinski definition) is 3. The molecule has 0 radical (unpaired) electrons. The van der Waals surface area contributed by atoms with Gasteiger partial charge in [-0.3, -0.25) is 45.4 Å². The SMILES string of the molecule is CCc1c(Cl)cc([N+](=O)[O-])c(CC)c1N.CCc1ccc(N(Cc2ccc([N+](=O)[O-])cc2)C(=O)Nc2c(CC)c(Cl)cc([N+](=O)[O-])c2CC)cc1.CCc1ccc(NCc2ccc([N+](=O)[O-])cc2)cc1. The largest absolute Gasteiger partial charge is 0.398 e. The van der Waals surface area contributed by atoms with Crippen molar-refractivity contribution in [1.29, 1.82) is 0 Å². The maximum atomic E-state index is 13.7. The molecule has 6 aromatic carbocycles. The van der Waals surface area contributed by atoms with Crippen molar-refractivity contribution in [3.05, 3.63) is 204 Å². The fraction of sp³-hybridized carbons (Fsp3) is 0.275. The number of halogens is 2. The van der Waals surface area contributed by atoms with Crippen LogP contribution in [0.5, 0.6) is 0 Å². The van der Waals surface area contributed by atoms with Gasteiger partial charge in [-0.1, -0.05) is 113 Å². The van der Waals surface area contributed by atoms with Crippen molar-refractivity contribution in [2.45, 2.75) is 93.2 Å². The van der Waals surface area contributed by atoms with Crippen LogP contribution in [0.3, 0.4) is 0 Å². The van der Waals surface area contributed by atoms with E-state index in [9.17, 15) is 45.3 Å². The standard InChI is InChI=1S/C26H27ClN4O5.C15H16N2O2.C10H13ClN2O2/c1-4-17-7-11-19(12-8-17)29(16-18-9-13-20(14-10-18)30(33)34)26(32)28-25-21(5-2)23(27)15-24(31(35)36)22(25)6-3;1-2-12-3-7-14(8-4-12)16-11-13-5-9-15(10-6-13)17(18)19;1-3-6-8(11)5-9(13(14)15)7(4-2)10(6)12/h7-15H,4-6,16H2,1-3H3,(H,28,32);3-10,16H,2,11H2,1H3;5H,3-4,12H2,1-2H3. The second kappa shape index (κ2) is 26.2. The fourth-order valence-electron chi connectivity index (χ4n) is 7.45. The molecule has 0 heterocycles. The number of aryl methyl sites for hydroxylation is 2. The first-order valence-electron chi connectivity index (χ1n) is 22.6. The van der Waals surface area contributed by atoms with E-state index in [1.807, 2.05) is 64.1 Å². The molecule has 0 aliphatic heterocycles. The highest BCUT2D eigenvalue weighted by atomic mass is 35.5. The van der Waals surface area contributed by atoms with Crippen molar-refractivity contribution < 1.29 is 24.5 Å². The monoisotopic (exact) mass is 994 g/mol. The molecule has 0 unspecified atom stereocenters. The summed E-state index contributed by atoms with van der Waals surface area (Å²) < 4.78 is 0. The van der Waals surface area contributed by atoms with Gasteiger partial charge in [0, 0.05) is 60.0 Å². The van der Waals surface area contributed by atoms with Gasteiger partial charge in [0.2, 0.25) is 0 Å². The lowest BCUT2D eigenvalue weighted by Gasteiger charge is -2.25. The number of anilines is 4. The average molecular weight is 996 g/mol. The van der Waals surface area contributed by atoms with E-state index in [1.54, 1.807) is 31.2 Å². The Morgan fingerprint density at radius 1 is 0.529 bits per heavy atom. The summed E-state index contributed by atoms with van der Waals surface area (Å²) >= 11 is 12.3. The second-order valence-corrected chi connectivity index (χ2v) is 16.5. The Morgan fingerprint density at radius 3 is 1.37 bits per heavy atom. The zero-order valence-corrected chi connectivity index (χ0v) is 41.3. The van der Waals surface area contributed by atoms with Gasteiger partial charge in [0.1, 0.15) is 0 Å². The molecular weight excluding hydrogens is 940 g/mol. The Hall–Kier alpha value is -7.63. The molecule has 0 aliphatic rings. The van der Waals surface area contributed by atoms with Gasteiger partial charge in [0.25, 0.3) is 22.7 Å². The first-order valence-corrected chi connectivity index (χ1v) is 23.4. The third-order valence-corrected chi connectivity index (χ3v) is 12.1. The first kappa shape index (κ1) is 55.0. The predicted molar refractivity (Wildman–Crippen MR) is 278 cm³/mol. The van der Waals surface area contributed by atoms with E-state index < -0.39 is 20.8 Å². The van der Waals surface area contributed by atoms with E-state index in [4.69, 9.17) is 28.9 Å². The van der Waals surface area contributed by atoms with Gasteiger partial charge in [-0.25, -0.2) is 4.79 Å². The van der Waals surface area contributed by atoms with Crippen LogP contribution in [0.4, 0.5) is 50.3 Å². The molecule has 6 aromatic rings. The van der Waals surface area contributed by atoms with E-state index >= 15 is 0 Å².